The van der Waals surface area contributed by atoms with E-state index in [2.05, 4.69) is 14.7 Å². The molecule has 16 heavy (non-hydrogen) atoms. The van der Waals surface area contributed by atoms with Gasteiger partial charge in [0.1, 0.15) is 5.82 Å². The zero-order valence-corrected chi connectivity index (χ0v) is 8.81. The van der Waals surface area contributed by atoms with Crippen LogP contribution in [-0.2, 0) is 17.3 Å². The highest BCUT2D eigenvalue weighted by atomic mass is 19.4. The molecule has 1 aromatic rings. The Morgan fingerprint density at radius 2 is 2.06 bits per heavy atom. The summed E-state index contributed by atoms with van der Waals surface area (Å²) in [5.74, 6) is -0.957. The SMILES string of the molecule is CCOC(=O)c1nc(CC)[nH]c1C(F)(F)F. The highest BCUT2D eigenvalue weighted by Gasteiger charge is 2.39. The monoisotopic (exact) mass is 236 g/mol. The van der Waals surface area contributed by atoms with Crippen LogP contribution in [0.25, 0.3) is 0 Å². The summed E-state index contributed by atoms with van der Waals surface area (Å²) in [6.45, 7) is 3.15. The van der Waals surface area contributed by atoms with E-state index in [1.165, 1.54) is 6.92 Å². The Bertz CT molecular complexity index is 385. The van der Waals surface area contributed by atoms with E-state index in [9.17, 15) is 18.0 Å². The molecule has 0 atom stereocenters. The maximum absolute atomic E-state index is 12.5. The molecule has 0 saturated heterocycles. The Kier molecular flexibility index (Phi) is 3.56. The number of alkyl halides is 3. The third-order valence-corrected chi connectivity index (χ3v) is 1.84. The zero-order valence-electron chi connectivity index (χ0n) is 8.81. The molecule has 1 heterocycles. The van der Waals surface area contributed by atoms with Gasteiger partial charge in [0.15, 0.2) is 11.4 Å². The summed E-state index contributed by atoms with van der Waals surface area (Å²) in [5.41, 5.74) is -1.85. The summed E-state index contributed by atoms with van der Waals surface area (Å²) < 4.78 is 42.1. The predicted molar refractivity (Wildman–Crippen MR) is 48.9 cm³/mol. The van der Waals surface area contributed by atoms with E-state index in [-0.39, 0.29) is 18.9 Å². The van der Waals surface area contributed by atoms with Crippen molar-refractivity contribution in [3.63, 3.8) is 0 Å². The van der Waals surface area contributed by atoms with Gasteiger partial charge in [-0.1, -0.05) is 6.92 Å². The molecular formula is C9H11F3N2O2. The van der Waals surface area contributed by atoms with Crippen LogP contribution in [0, 0.1) is 0 Å². The summed E-state index contributed by atoms with van der Waals surface area (Å²) in [7, 11) is 0. The Morgan fingerprint density at radius 1 is 1.44 bits per heavy atom. The standard InChI is InChI=1S/C9H11F3N2O2/c1-3-5-13-6(8(15)16-4-2)7(14-5)9(10,11)12/h3-4H2,1-2H3,(H,13,14). The first-order valence-corrected chi connectivity index (χ1v) is 4.73. The van der Waals surface area contributed by atoms with Gasteiger partial charge < -0.3 is 9.72 Å². The molecule has 90 valence electrons. The van der Waals surface area contributed by atoms with Gasteiger partial charge >= 0.3 is 12.1 Å². The van der Waals surface area contributed by atoms with E-state index >= 15 is 0 Å². The summed E-state index contributed by atoms with van der Waals surface area (Å²) in [5, 5.41) is 0. The van der Waals surface area contributed by atoms with Crippen LogP contribution in [0.5, 0.6) is 0 Å². The Morgan fingerprint density at radius 3 is 2.50 bits per heavy atom. The molecule has 0 bridgehead atoms. The van der Waals surface area contributed by atoms with Crippen LogP contribution in [0.2, 0.25) is 0 Å². The number of aromatic nitrogens is 2. The van der Waals surface area contributed by atoms with E-state index < -0.39 is 23.5 Å². The molecule has 0 aliphatic carbocycles. The number of hydrogen-bond donors (Lipinski definition) is 1. The molecule has 0 unspecified atom stereocenters. The molecule has 1 rings (SSSR count). The van der Waals surface area contributed by atoms with E-state index in [0.29, 0.717) is 0 Å². The first-order chi connectivity index (χ1) is 7.40. The number of aryl methyl sites for hydroxylation is 1. The molecular weight excluding hydrogens is 225 g/mol. The maximum Gasteiger partial charge on any atom is 0.433 e. The smallest absolute Gasteiger partial charge is 0.433 e. The predicted octanol–water partition coefficient (Wildman–Crippen LogP) is 2.17. The molecule has 4 nitrogen and oxygen atoms in total. The molecule has 1 aromatic heterocycles. The lowest BCUT2D eigenvalue weighted by Gasteiger charge is -2.05. The summed E-state index contributed by atoms with van der Waals surface area (Å²) in [4.78, 5) is 16.9. The Hall–Kier alpha value is -1.53. The molecule has 0 aliphatic heterocycles. The van der Waals surface area contributed by atoms with Crippen molar-refractivity contribution >= 4 is 5.97 Å². The third-order valence-electron chi connectivity index (χ3n) is 1.84. The zero-order chi connectivity index (χ0) is 12.3. The van der Waals surface area contributed by atoms with Gasteiger partial charge in [0.05, 0.1) is 6.61 Å². The molecule has 0 saturated carbocycles. The van der Waals surface area contributed by atoms with E-state index in [4.69, 9.17) is 0 Å². The van der Waals surface area contributed by atoms with Crippen LogP contribution in [0.1, 0.15) is 35.9 Å². The fraction of sp³-hybridized carbons (Fsp3) is 0.556. The number of hydrogen-bond acceptors (Lipinski definition) is 3. The quantitative estimate of drug-likeness (QED) is 0.818. The van der Waals surface area contributed by atoms with Gasteiger partial charge in [-0.2, -0.15) is 13.2 Å². The lowest BCUT2D eigenvalue weighted by Crippen LogP contribution is -2.15. The summed E-state index contributed by atoms with van der Waals surface area (Å²) >= 11 is 0. The molecule has 7 heteroatoms. The number of carbonyl (C=O) groups is 1. The van der Waals surface area contributed by atoms with Crippen LogP contribution in [0.3, 0.4) is 0 Å². The number of nitrogens with zero attached hydrogens (tertiary/aromatic N) is 1. The van der Waals surface area contributed by atoms with Crippen molar-refractivity contribution in [1.29, 1.82) is 0 Å². The first-order valence-electron chi connectivity index (χ1n) is 4.73. The number of esters is 1. The number of nitrogens with one attached hydrogen (secondary N) is 1. The molecule has 0 fully saturated rings. The van der Waals surface area contributed by atoms with Crippen LogP contribution in [0.15, 0.2) is 0 Å². The Labute approximate surface area is 89.8 Å². The topological polar surface area (TPSA) is 55.0 Å². The molecule has 1 N–H and O–H groups in total. The van der Waals surface area contributed by atoms with Crippen molar-refractivity contribution in [2.45, 2.75) is 26.4 Å². The maximum atomic E-state index is 12.5. The third kappa shape index (κ3) is 2.53. The number of rotatable bonds is 3. The number of ether oxygens (including phenoxy) is 1. The van der Waals surface area contributed by atoms with Gasteiger partial charge in [-0.05, 0) is 6.92 Å². The lowest BCUT2D eigenvalue weighted by atomic mass is 10.3. The van der Waals surface area contributed by atoms with E-state index in [0.717, 1.165) is 0 Å². The van der Waals surface area contributed by atoms with Gasteiger partial charge in [0, 0.05) is 6.42 Å². The average molecular weight is 236 g/mol. The second-order valence-electron chi connectivity index (χ2n) is 2.98. The van der Waals surface area contributed by atoms with Crippen LogP contribution >= 0.6 is 0 Å². The van der Waals surface area contributed by atoms with Crippen molar-refractivity contribution < 1.29 is 22.7 Å². The second-order valence-corrected chi connectivity index (χ2v) is 2.98. The minimum absolute atomic E-state index is 0.00441. The van der Waals surface area contributed by atoms with Crippen LogP contribution in [0.4, 0.5) is 13.2 Å². The number of imidazole rings is 1. The van der Waals surface area contributed by atoms with Crippen molar-refractivity contribution in [2.24, 2.45) is 0 Å². The van der Waals surface area contributed by atoms with Gasteiger partial charge in [-0.3, -0.25) is 0 Å². The minimum Gasteiger partial charge on any atom is -0.461 e. The highest BCUT2D eigenvalue weighted by molar-refractivity contribution is 5.88. The van der Waals surface area contributed by atoms with E-state index in [1.807, 2.05) is 0 Å². The fourth-order valence-corrected chi connectivity index (χ4v) is 1.14. The van der Waals surface area contributed by atoms with Crippen LogP contribution < -0.4 is 0 Å². The van der Waals surface area contributed by atoms with Crippen molar-refractivity contribution in [3.05, 3.63) is 17.2 Å². The molecule has 0 aromatic carbocycles. The fourth-order valence-electron chi connectivity index (χ4n) is 1.14. The number of aromatic amines is 1. The minimum atomic E-state index is -4.64. The van der Waals surface area contributed by atoms with E-state index in [1.54, 1.807) is 6.92 Å². The van der Waals surface area contributed by atoms with Crippen molar-refractivity contribution in [1.82, 2.24) is 9.97 Å². The molecule has 0 spiro atoms. The van der Waals surface area contributed by atoms with Crippen molar-refractivity contribution in [2.75, 3.05) is 6.61 Å². The number of halogens is 3. The van der Waals surface area contributed by atoms with Gasteiger partial charge in [-0.15, -0.1) is 0 Å². The lowest BCUT2D eigenvalue weighted by molar-refractivity contribution is -0.141. The normalized spacial score (nSPS) is 11.6. The number of carbonyl (C=O) groups excluding carboxylic acids is 1. The molecule has 0 aliphatic rings. The molecule has 0 radical (unpaired) electrons. The molecule has 0 amide bonds. The largest absolute Gasteiger partial charge is 0.461 e. The van der Waals surface area contributed by atoms with Gasteiger partial charge in [0.2, 0.25) is 0 Å². The number of H-pyrrole nitrogens is 1. The summed E-state index contributed by atoms with van der Waals surface area (Å²) in [6, 6.07) is 0. The second kappa shape index (κ2) is 4.54. The van der Waals surface area contributed by atoms with Crippen molar-refractivity contribution in [3.8, 4) is 0 Å². The van der Waals surface area contributed by atoms with Gasteiger partial charge in [-0.25, -0.2) is 9.78 Å². The van der Waals surface area contributed by atoms with Crippen LogP contribution in [-0.4, -0.2) is 22.5 Å². The first kappa shape index (κ1) is 12.5. The average Bonchev–Trinajstić information content (AvgIpc) is 2.61. The highest BCUT2D eigenvalue weighted by Crippen LogP contribution is 2.30. The Balaban J connectivity index is 3.15. The van der Waals surface area contributed by atoms with Gasteiger partial charge in [0.25, 0.3) is 0 Å². The summed E-state index contributed by atoms with van der Waals surface area (Å²) in [6.07, 6.45) is -4.36.